The lowest BCUT2D eigenvalue weighted by Crippen LogP contribution is -2.47. The van der Waals surface area contributed by atoms with Crippen molar-refractivity contribution >= 4 is 19.7 Å². The average molecular weight is 1060 g/mol. The Balaban J connectivity index is 5.40. The normalized spacial score (nSPS) is 14.7. The fourth-order valence-electron chi connectivity index (χ4n) is 7.59. The number of unbranched alkanes of at least 4 members (excludes halogenated alkanes) is 15. The van der Waals surface area contributed by atoms with Gasteiger partial charge in [0.1, 0.15) is 19.3 Å². The Morgan fingerprint density at radius 2 is 0.867 bits per heavy atom. The first kappa shape index (κ1) is 71.2. The average Bonchev–Trinajstić information content (AvgIpc) is 3.37. The zero-order valence-corrected chi connectivity index (χ0v) is 49.4. The van der Waals surface area contributed by atoms with Crippen LogP contribution in [0.3, 0.4) is 0 Å². The van der Waals surface area contributed by atoms with Crippen LogP contribution >= 0.6 is 7.82 Å². The molecular weight excluding hydrogens is 952 g/mol. The number of hydrogen-bond acceptors (Lipinski definition) is 6. The maximum absolute atomic E-state index is 13.5. The summed E-state index contributed by atoms with van der Waals surface area (Å²) in [6.07, 6.45) is 76.0. The van der Waals surface area contributed by atoms with E-state index in [0.717, 1.165) is 122 Å². The Hall–Kier alpha value is -3.85. The molecule has 9 nitrogen and oxygen atoms in total. The van der Waals surface area contributed by atoms with Crippen LogP contribution in [0.15, 0.2) is 134 Å². The first-order valence-corrected chi connectivity index (χ1v) is 31.0. The predicted molar refractivity (Wildman–Crippen MR) is 323 cm³/mol. The number of allylic oxidation sites excluding steroid dienone is 21. The van der Waals surface area contributed by atoms with Gasteiger partial charge in [0.05, 0.1) is 33.8 Å². The van der Waals surface area contributed by atoms with Crippen molar-refractivity contribution in [3.63, 3.8) is 0 Å². The Kier molecular flexibility index (Phi) is 50.8. The second-order valence-corrected chi connectivity index (χ2v) is 21.9. The van der Waals surface area contributed by atoms with Gasteiger partial charge >= 0.3 is 13.8 Å². The highest BCUT2D eigenvalue weighted by Crippen LogP contribution is 2.43. The summed E-state index contributed by atoms with van der Waals surface area (Å²) in [5.41, 5.74) is 0. The van der Waals surface area contributed by atoms with Gasteiger partial charge in [-0.05, 0) is 115 Å². The quantitative estimate of drug-likeness (QED) is 0.0205. The van der Waals surface area contributed by atoms with Crippen molar-refractivity contribution in [2.24, 2.45) is 0 Å². The highest BCUT2D eigenvalue weighted by Gasteiger charge is 2.30. The molecule has 0 aliphatic carbocycles. The van der Waals surface area contributed by atoms with Crippen molar-refractivity contribution in [1.82, 2.24) is 5.32 Å². The number of esters is 1. The number of carbonyl (C=O) groups excluding carboxylic acids is 2. The summed E-state index contributed by atoms with van der Waals surface area (Å²) in [5, 5.41) is 3.02. The van der Waals surface area contributed by atoms with Crippen LogP contribution in [-0.4, -0.2) is 74.3 Å². The number of phosphoric acid groups is 1. The number of carbonyl (C=O) groups is 2. The molecule has 0 spiro atoms. The van der Waals surface area contributed by atoms with Gasteiger partial charge in [0.25, 0.3) is 0 Å². The van der Waals surface area contributed by atoms with E-state index in [4.69, 9.17) is 13.8 Å². The van der Waals surface area contributed by atoms with Crippen LogP contribution in [0.25, 0.3) is 0 Å². The van der Waals surface area contributed by atoms with E-state index < -0.39 is 25.9 Å². The molecular formula is C65H110N2O7P+. The van der Waals surface area contributed by atoms with Crippen LogP contribution in [-0.2, 0) is 27.9 Å². The van der Waals surface area contributed by atoms with E-state index in [9.17, 15) is 19.0 Å². The molecule has 1 amide bonds. The molecule has 0 fully saturated rings. The minimum Gasteiger partial charge on any atom is -0.456 e. The third-order valence-electron chi connectivity index (χ3n) is 12.1. The number of amides is 1. The minimum atomic E-state index is -4.47. The third-order valence-corrected chi connectivity index (χ3v) is 13.1. The van der Waals surface area contributed by atoms with Gasteiger partial charge in [-0.1, -0.05) is 219 Å². The highest BCUT2D eigenvalue weighted by molar-refractivity contribution is 7.47. The van der Waals surface area contributed by atoms with E-state index in [1.54, 1.807) is 0 Å². The summed E-state index contributed by atoms with van der Waals surface area (Å²) >= 11 is 0. The molecule has 2 N–H and O–H groups in total. The van der Waals surface area contributed by atoms with E-state index in [0.29, 0.717) is 23.9 Å². The Bertz CT molecular complexity index is 1740. The molecule has 0 rings (SSSR count). The number of rotatable bonds is 51. The summed E-state index contributed by atoms with van der Waals surface area (Å²) in [6.45, 7) is 6.69. The molecule has 3 atom stereocenters. The molecule has 426 valence electrons. The second kappa shape index (κ2) is 53.5. The molecule has 0 radical (unpaired) electrons. The van der Waals surface area contributed by atoms with E-state index in [1.807, 2.05) is 33.3 Å². The van der Waals surface area contributed by atoms with Gasteiger partial charge in [0.2, 0.25) is 5.91 Å². The number of quaternary nitrogens is 1. The van der Waals surface area contributed by atoms with Gasteiger partial charge in [0, 0.05) is 12.8 Å². The van der Waals surface area contributed by atoms with Gasteiger partial charge in [-0.2, -0.15) is 0 Å². The number of ether oxygens (including phenoxy) is 1. The molecule has 75 heavy (non-hydrogen) atoms. The highest BCUT2D eigenvalue weighted by atomic mass is 31.2. The smallest absolute Gasteiger partial charge is 0.456 e. The molecule has 0 aromatic heterocycles. The molecule has 0 aliphatic heterocycles. The lowest BCUT2D eigenvalue weighted by Gasteiger charge is -2.27. The lowest BCUT2D eigenvalue weighted by atomic mass is 10.1. The summed E-state index contributed by atoms with van der Waals surface area (Å²) in [6, 6.07) is -0.891. The maximum Gasteiger partial charge on any atom is 0.472 e. The van der Waals surface area contributed by atoms with Crippen LogP contribution < -0.4 is 5.32 Å². The van der Waals surface area contributed by atoms with Gasteiger partial charge in [-0.3, -0.25) is 18.6 Å². The minimum absolute atomic E-state index is 0.0194. The Morgan fingerprint density at radius 3 is 1.31 bits per heavy atom. The largest absolute Gasteiger partial charge is 0.472 e. The molecule has 0 aromatic rings. The molecule has 0 saturated carbocycles. The van der Waals surface area contributed by atoms with Crippen molar-refractivity contribution in [2.45, 2.75) is 226 Å². The summed E-state index contributed by atoms with van der Waals surface area (Å²) < 4.78 is 30.6. The second-order valence-electron chi connectivity index (χ2n) is 20.4. The van der Waals surface area contributed by atoms with Crippen LogP contribution in [0, 0.1) is 0 Å². The van der Waals surface area contributed by atoms with Crippen molar-refractivity contribution in [1.29, 1.82) is 0 Å². The zero-order valence-electron chi connectivity index (χ0n) is 48.5. The number of likely N-dealkylation sites (N-methyl/N-ethyl adjacent to an activating group) is 1. The molecule has 0 aliphatic rings. The molecule has 3 unspecified atom stereocenters. The Morgan fingerprint density at radius 1 is 0.480 bits per heavy atom. The van der Waals surface area contributed by atoms with E-state index in [1.165, 1.54) is 44.9 Å². The van der Waals surface area contributed by atoms with Crippen molar-refractivity contribution in [3.8, 4) is 0 Å². The molecule has 0 aromatic carbocycles. The first-order valence-electron chi connectivity index (χ1n) is 29.5. The van der Waals surface area contributed by atoms with E-state index in [2.05, 4.69) is 148 Å². The molecule has 0 saturated heterocycles. The maximum atomic E-state index is 13.5. The van der Waals surface area contributed by atoms with Crippen molar-refractivity contribution in [2.75, 3.05) is 40.9 Å². The van der Waals surface area contributed by atoms with Crippen LogP contribution in [0.5, 0.6) is 0 Å². The van der Waals surface area contributed by atoms with Gasteiger partial charge < -0.3 is 19.4 Å². The summed E-state index contributed by atoms with van der Waals surface area (Å²) in [5.74, 6) is -0.608. The SMILES string of the molecule is CC/C=C\C/C=C\C/C=C\C/C=C\C/C=C\CCCCCCCC(=O)NC(COP(=O)(O)OCC[N+](C)(C)C)C(/C=C\CCCCCCCCCCC)OC(=O)CCC/C=C\C/C=C\C/C=C\C/C=C\C/C=C\CC. The molecule has 0 heterocycles. The summed E-state index contributed by atoms with van der Waals surface area (Å²) in [7, 11) is 1.43. The van der Waals surface area contributed by atoms with Crippen molar-refractivity contribution < 1.29 is 37.3 Å². The van der Waals surface area contributed by atoms with Crippen LogP contribution in [0.4, 0.5) is 0 Å². The van der Waals surface area contributed by atoms with Crippen LogP contribution in [0.1, 0.15) is 213 Å². The third kappa shape index (κ3) is 54.7. The zero-order chi connectivity index (χ0) is 55.0. The molecule has 0 bridgehead atoms. The lowest BCUT2D eigenvalue weighted by molar-refractivity contribution is -0.870. The van der Waals surface area contributed by atoms with Crippen LogP contribution in [0.2, 0.25) is 0 Å². The molecule has 10 heteroatoms. The predicted octanol–water partition coefficient (Wildman–Crippen LogP) is 18.1. The van der Waals surface area contributed by atoms with E-state index >= 15 is 0 Å². The van der Waals surface area contributed by atoms with E-state index in [-0.39, 0.29) is 32.0 Å². The topological polar surface area (TPSA) is 111 Å². The van der Waals surface area contributed by atoms with Crippen molar-refractivity contribution in [3.05, 3.63) is 134 Å². The van der Waals surface area contributed by atoms with Gasteiger partial charge in [-0.15, -0.1) is 0 Å². The number of phosphoric ester groups is 1. The fraction of sp³-hybridized carbons (Fsp3) is 0.631. The monoisotopic (exact) mass is 1060 g/mol. The fourth-order valence-corrected chi connectivity index (χ4v) is 8.32. The number of nitrogens with one attached hydrogen (secondary N) is 1. The standard InChI is InChI=1S/C65H109N2O7P/c1-7-10-13-16-19-22-25-27-29-31-32-33-34-36-37-39-42-45-48-51-54-57-64(68)66-62(61-73-75(70,71)72-60-59-67(4,5)6)63(56-53-50-47-44-41-24-21-18-15-12-9-3)74-65(69)58-55-52-49-46-43-40-38-35-30-28-26-23-20-17-14-11-8-2/h10-11,13-14,19-20,22-23,27-30,32-33,36-38,40,46,49,53,56,62-63H,7-9,12,15-18,21,24-26,31,34-35,39,41-45,47-48,50-52,54-55,57-61H2,1-6H3,(H-,66,68,70,71)/p+1/b13-10-,14-11-,22-19-,23-20-,29-27-,30-28-,33-32-,37-36-,40-38-,49-46-,56-53-. The first-order chi connectivity index (χ1) is 36.4. The number of hydrogen-bond donors (Lipinski definition) is 2. The summed E-state index contributed by atoms with van der Waals surface area (Å²) in [4.78, 5) is 37.6. The number of nitrogens with zero attached hydrogens (tertiary/aromatic N) is 1. The van der Waals surface area contributed by atoms with Gasteiger partial charge in [0.15, 0.2) is 0 Å². The Labute approximate surface area is 460 Å². The van der Waals surface area contributed by atoms with Gasteiger partial charge in [-0.25, -0.2) is 4.57 Å².